The van der Waals surface area contributed by atoms with Crippen LogP contribution in [0.2, 0.25) is 0 Å². The Kier molecular flexibility index (Phi) is 6.21. The van der Waals surface area contributed by atoms with Gasteiger partial charge in [0.2, 0.25) is 17.7 Å². The summed E-state index contributed by atoms with van der Waals surface area (Å²) in [6, 6.07) is 10.7. The van der Waals surface area contributed by atoms with E-state index in [0.717, 1.165) is 11.3 Å². The van der Waals surface area contributed by atoms with E-state index in [4.69, 9.17) is 4.74 Å². The molecule has 0 saturated carbocycles. The van der Waals surface area contributed by atoms with Gasteiger partial charge in [-0.15, -0.1) is 0 Å². The Bertz CT molecular complexity index is 839. The number of nitrogens with zero attached hydrogens (tertiary/aromatic N) is 2. The number of carbonyl (C=O) groups is 3. The van der Waals surface area contributed by atoms with E-state index in [1.54, 1.807) is 54.7 Å². The SMILES string of the molecule is COc1ccc(N2C[C@@H](C(=O)NCC(=O)NCc3cccnc3)CC2=O)cc1. The maximum Gasteiger partial charge on any atom is 0.239 e. The monoisotopic (exact) mass is 382 g/mol. The first-order chi connectivity index (χ1) is 13.6. The van der Waals surface area contributed by atoms with Crippen LogP contribution in [-0.2, 0) is 20.9 Å². The number of methoxy groups -OCH3 is 1. The van der Waals surface area contributed by atoms with Crippen LogP contribution in [0, 0.1) is 5.92 Å². The van der Waals surface area contributed by atoms with Gasteiger partial charge in [0.25, 0.3) is 0 Å². The minimum atomic E-state index is -0.485. The molecule has 2 aromatic rings. The molecule has 146 valence electrons. The smallest absolute Gasteiger partial charge is 0.239 e. The normalized spacial score (nSPS) is 16.0. The molecule has 3 amide bonds. The summed E-state index contributed by atoms with van der Waals surface area (Å²) in [6.45, 7) is 0.496. The lowest BCUT2D eigenvalue weighted by atomic mass is 10.1. The molecule has 1 aliphatic rings. The standard InChI is InChI=1S/C20H22N4O4/c1-28-17-6-4-16(5-7-17)24-13-15(9-19(24)26)20(27)23-12-18(25)22-11-14-3-2-8-21-10-14/h2-8,10,15H,9,11-13H2,1H3,(H,22,25)(H,23,27)/t15-/m0/s1. The zero-order valence-corrected chi connectivity index (χ0v) is 15.6. The number of anilines is 1. The fourth-order valence-corrected chi connectivity index (χ4v) is 2.97. The molecule has 1 atom stereocenters. The largest absolute Gasteiger partial charge is 0.497 e. The maximum atomic E-state index is 12.3. The summed E-state index contributed by atoms with van der Waals surface area (Å²) in [5.41, 5.74) is 1.59. The van der Waals surface area contributed by atoms with Crippen molar-refractivity contribution in [2.24, 2.45) is 5.92 Å². The molecule has 0 spiro atoms. The first kappa shape index (κ1) is 19.3. The van der Waals surface area contributed by atoms with Crippen LogP contribution >= 0.6 is 0 Å². The highest BCUT2D eigenvalue weighted by Gasteiger charge is 2.35. The van der Waals surface area contributed by atoms with Crippen LogP contribution in [0.3, 0.4) is 0 Å². The number of hydrogen-bond donors (Lipinski definition) is 2. The third kappa shape index (κ3) is 4.85. The predicted molar refractivity (Wildman–Crippen MR) is 103 cm³/mol. The Morgan fingerprint density at radius 1 is 1.21 bits per heavy atom. The molecule has 1 fully saturated rings. The van der Waals surface area contributed by atoms with Crippen LogP contribution in [0.1, 0.15) is 12.0 Å². The molecule has 1 saturated heterocycles. The topological polar surface area (TPSA) is 101 Å². The number of ether oxygens (including phenoxy) is 1. The fraction of sp³-hybridized carbons (Fsp3) is 0.300. The zero-order valence-electron chi connectivity index (χ0n) is 15.6. The van der Waals surface area contributed by atoms with Crippen LogP contribution in [-0.4, -0.2) is 42.9 Å². The molecule has 0 aliphatic carbocycles. The number of rotatable bonds is 7. The first-order valence-electron chi connectivity index (χ1n) is 8.94. The fourth-order valence-electron chi connectivity index (χ4n) is 2.97. The lowest BCUT2D eigenvalue weighted by molar-refractivity contribution is -0.129. The minimum Gasteiger partial charge on any atom is -0.497 e. The van der Waals surface area contributed by atoms with Gasteiger partial charge in [0.05, 0.1) is 19.6 Å². The molecule has 28 heavy (non-hydrogen) atoms. The molecule has 2 heterocycles. The van der Waals surface area contributed by atoms with Crippen molar-refractivity contribution in [2.45, 2.75) is 13.0 Å². The molecular formula is C20H22N4O4. The van der Waals surface area contributed by atoms with Crippen molar-refractivity contribution in [1.29, 1.82) is 0 Å². The molecule has 0 unspecified atom stereocenters. The van der Waals surface area contributed by atoms with E-state index in [1.165, 1.54) is 0 Å². The molecular weight excluding hydrogens is 360 g/mol. The lowest BCUT2D eigenvalue weighted by Gasteiger charge is -2.17. The van der Waals surface area contributed by atoms with Crippen molar-refractivity contribution in [1.82, 2.24) is 15.6 Å². The van der Waals surface area contributed by atoms with E-state index in [0.29, 0.717) is 12.3 Å². The second-order valence-corrected chi connectivity index (χ2v) is 6.46. The van der Waals surface area contributed by atoms with Gasteiger partial charge in [-0.3, -0.25) is 19.4 Å². The van der Waals surface area contributed by atoms with Crippen molar-refractivity contribution in [3.05, 3.63) is 54.4 Å². The number of carbonyl (C=O) groups excluding carboxylic acids is 3. The Morgan fingerprint density at radius 2 is 2.00 bits per heavy atom. The second-order valence-electron chi connectivity index (χ2n) is 6.46. The Labute approximate surface area is 162 Å². The predicted octanol–water partition coefficient (Wildman–Crippen LogP) is 0.876. The van der Waals surface area contributed by atoms with Crippen molar-refractivity contribution < 1.29 is 19.1 Å². The van der Waals surface area contributed by atoms with Crippen LogP contribution in [0.25, 0.3) is 0 Å². The van der Waals surface area contributed by atoms with Crippen molar-refractivity contribution >= 4 is 23.4 Å². The summed E-state index contributed by atoms with van der Waals surface area (Å²) in [5.74, 6) is -0.511. The van der Waals surface area contributed by atoms with Crippen molar-refractivity contribution in [3.8, 4) is 5.75 Å². The van der Waals surface area contributed by atoms with Gasteiger partial charge in [-0.2, -0.15) is 0 Å². The summed E-state index contributed by atoms with van der Waals surface area (Å²) in [5, 5.41) is 5.32. The number of aromatic nitrogens is 1. The third-order valence-electron chi connectivity index (χ3n) is 4.52. The molecule has 0 bridgehead atoms. The Hall–Kier alpha value is -3.42. The number of pyridine rings is 1. The van der Waals surface area contributed by atoms with E-state index in [1.807, 2.05) is 6.07 Å². The highest BCUT2D eigenvalue weighted by Crippen LogP contribution is 2.26. The number of nitrogens with one attached hydrogen (secondary N) is 2. The second kappa shape index (κ2) is 8.98. The van der Waals surface area contributed by atoms with Gasteiger partial charge in [0.1, 0.15) is 5.75 Å². The van der Waals surface area contributed by atoms with Crippen LogP contribution < -0.4 is 20.3 Å². The Balaban J connectivity index is 1.46. The van der Waals surface area contributed by atoms with Gasteiger partial charge >= 0.3 is 0 Å². The molecule has 1 aliphatic heterocycles. The number of hydrogen-bond acceptors (Lipinski definition) is 5. The highest BCUT2D eigenvalue weighted by atomic mass is 16.5. The lowest BCUT2D eigenvalue weighted by Crippen LogP contribution is -2.40. The summed E-state index contributed by atoms with van der Waals surface area (Å²) in [6.07, 6.45) is 3.44. The summed E-state index contributed by atoms with van der Waals surface area (Å²) in [4.78, 5) is 42.1. The minimum absolute atomic E-state index is 0.119. The highest BCUT2D eigenvalue weighted by molar-refractivity contribution is 6.00. The van der Waals surface area contributed by atoms with E-state index in [2.05, 4.69) is 15.6 Å². The van der Waals surface area contributed by atoms with E-state index < -0.39 is 5.92 Å². The molecule has 8 nitrogen and oxygen atoms in total. The van der Waals surface area contributed by atoms with Crippen molar-refractivity contribution in [2.75, 3.05) is 25.1 Å². The van der Waals surface area contributed by atoms with Gasteiger partial charge in [-0.05, 0) is 35.9 Å². The van der Waals surface area contributed by atoms with Gasteiger partial charge in [-0.25, -0.2) is 0 Å². The zero-order chi connectivity index (χ0) is 19.9. The molecule has 3 rings (SSSR count). The van der Waals surface area contributed by atoms with E-state index in [9.17, 15) is 14.4 Å². The maximum absolute atomic E-state index is 12.3. The number of amides is 3. The van der Waals surface area contributed by atoms with Gasteiger partial charge in [0, 0.05) is 37.6 Å². The summed E-state index contributed by atoms with van der Waals surface area (Å²) < 4.78 is 5.11. The van der Waals surface area contributed by atoms with Gasteiger partial charge in [-0.1, -0.05) is 6.07 Å². The molecule has 8 heteroatoms. The van der Waals surface area contributed by atoms with Crippen LogP contribution in [0.4, 0.5) is 5.69 Å². The van der Waals surface area contributed by atoms with Crippen molar-refractivity contribution in [3.63, 3.8) is 0 Å². The average molecular weight is 382 g/mol. The van der Waals surface area contributed by atoms with E-state index in [-0.39, 0.29) is 37.2 Å². The van der Waals surface area contributed by atoms with Crippen LogP contribution in [0.15, 0.2) is 48.8 Å². The molecule has 1 aromatic carbocycles. The van der Waals surface area contributed by atoms with E-state index >= 15 is 0 Å². The quantitative estimate of drug-likeness (QED) is 0.740. The van der Waals surface area contributed by atoms with Gasteiger partial charge < -0.3 is 20.3 Å². The van der Waals surface area contributed by atoms with Gasteiger partial charge in [0.15, 0.2) is 0 Å². The molecule has 0 radical (unpaired) electrons. The van der Waals surface area contributed by atoms with Crippen LogP contribution in [0.5, 0.6) is 5.75 Å². The third-order valence-corrected chi connectivity index (χ3v) is 4.52. The molecule has 1 aromatic heterocycles. The number of benzene rings is 1. The molecule has 2 N–H and O–H groups in total. The summed E-state index contributed by atoms with van der Waals surface area (Å²) >= 11 is 0. The summed E-state index contributed by atoms with van der Waals surface area (Å²) in [7, 11) is 1.57. The Morgan fingerprint density at radius 3 is 2.68 bits per heavy atom. The average Bonchev–Trinajstić information content (AvgIpc) is 3.13. The first-order valence-corrected chi connectivity index (χ1v) is 8.94.